The van der Waals surface area contributed by atoms with E-state index in [4.69, 9.17) is 25.7 Å². The van der Waals surface area contributed by atoms with Gasteiger partial charge in [-0.1, -0.05) is 43.0 Å². The van der Waals surface area contributed by atoms with Gasteiger partial charge < -0.3 is 30.8 Å². The number of esters is 2. The van der Waals surface area contributed by atoms with Crippen LogP contribution in [-0.2, 0) is 9.53 Å². The Kier molecular flexibility index (Phi) is 9.99. The van der Waals surface area contributed by atoms with Crippen LogP contribution in [0.4, 0.5) is 11.4 Å². The summed E-state index contributed by atoms with van der Waals surface area (Å²) in [5.74, 6) is -2.76. The number of ketones is 2. The minimum atomic E-state index is -1.43. The van der Waals surface area contributed by atoms with Crippen LogP contribution in [0, 0.1) is 0 Å². The summed E-state index contributed by atoms with van der Waals surface area (Å²) in [5, 5.41) is 10.1. The number of unbranched alkanes of at least 4 members (excludes halogenated alkanes) is 3. The van der Waals surface area contributed by atoms with Gasteiger partial charge in [-0.25, -0.2) is 14.4 Å². The molecule has 0 spiro atoms. The number of carbonyl (C=O) groups is 5. The Morgan fingerprint density at radius 1 is 0.708 bits per heavy atom. The number of anilines is 2. The zero-order valence-electron chi connectivity index (χ0n) is 25.8. The molecule has 0 bridgehead atoms. The van der Waals surface area contributed by atoms with Crippen LogP contribution in [0.1, 0.15) is 78.2 Å². The molecule has 0 unspecified atom stereocenters. The van der Waals surface area contributed by atoms with Gasteiger partial charge in [0.05, 0.1) is 46.8 Å². The fraction of sp³-hybridized carbons (Fsp3) is 0.162. The van der Waals surface area contributed by atoms with Crippen LogP contribution < -0.4 is 20.9 Å². The molecule has 11 nitrogen and oxygen atoms in total. The van der Waals surface area contributed by atoms with Crippen molar-refractivity contribution in [1.29, 1.82) is 0 Å². The summed E-state index contributed by atoms with van der Waals surface area (Å²) < 4.78 is 16.2. The summed E-state index contributed by atoms with van der Waals surface area (Å²) >= 11 is 0. The van der Waals surface area contributed by atoms with E-state index in [2.05, 4.69) is 6.58 Å². The molecule has 5 N–H and O–H groups in total. The van der Waals surface area contributed by atoms with Crippen LogP contribution in [-0.4, -0.2) is 47.8 Å². The number of rotatable bonds is 13. The van der Waals surface area contributed by atoms with E-state index in [0.717, 1.165) is 31.8 Å². The number of carbonyl (C=O) groups excluding carboxylic acids is 4. The third kappa shape index (κ3) is 6.80. The zero-order chi connectivity index (χ0) is 34.4. The predicted octanol–water partition coefficient (Wildman–Crippen LogP) is 5.88. The first kappa shape index (κ1) is 33.1. The Hall–Kier alpha value is -6.23. The molecule has 244 valence electrons. The van der Waals surface area contributed by atoms with Gasteiger partial charge in [0.15, 0.2) is 11.6 Å². The fourth-order valence-corrected chi connectivity index (χ4v) is 5.45. The highest BCUT2D eigenvalue weighted by Crippen LogP contribution is 2.43. The summed E-state index contributed by atoms with van der Waals surface area (Å²) in [6.45, 7) is 4.21. The van der Waals surface area contributed by atoms with Crippen molar-refractivity contribution in [2.24, 2.45) is 0 Å². The number of fused-ring (bicyclic) bond motifs is 2. The monoisotopic (exact) mass is 648 g/mol. The highest BCUT2D eigenvalue weighted by molar-refractivity contribution is 6.34. The first-order valence-electron chi connectivity index (χ1n) is 15.1. The van der Waals surface area contributed by atoms with E-state index >= 15 is 0 Å². The molecule has 0 aromatic heterocycles. The van der Waals surface area contributed by atoms with Gasteiger partial charge >= 0.3 is 17.9 Å². The Labute approximate surface area is 275 Å². The molecular weight excluding hydrogens is 616 g/mol. The van der Waals surface area contributed by atoms with Gasteiger partial charge in [0.2, 0.25) is 0 Å². The van der Waals surface area contributed by atoms with Crippen LogP contribution >= 0.6 is 0 Å². The average molecular weight is 649 g/mol. The Balaban J connectivity index is 1.25. The molecule has 0 amide bonds. The van der Waals surface area contributed by atoms with Crippen molar-refractivity contribution in [1.82, 2.24) is 0 Å². The van der Waals surface area contributed by atoms with E-state index in [1.54, 1.807) is 36.4 Å². The third-order valence-corrected chi connectivity index (χ3v) is 7.82. The van der Waals surface area contributed by atoms with Crippen LogP contribution in [0.2, 0.25) is 0 Å². The smallest absolute Gasteiger partial charge is 0.343 e. The quantitative estimate of drug-likeness (QED) is 0.0455. The van der Waals surface area contributed by atoms with Crippen molar-refractivity contribution < 1.29 is 43.3 Å². The Morgan fingerprint density at radius 3 is 1.85 bits per heavy atom. The largest absolute Gasteiger partial charge is 0.494 e. The summed E-state index contributed by atoms with van der Waals surface area (Å²) in [7, 11) is 0. The molecule has 11 heteroatoms. The SMILES string of the molecule is C=CC(=O)OCCCCCCOc1ccc(OC(=O)c2ccc(-c3c(N)c4c(c(N)c3C(=O)O)C(=O)c3ccccc3C4=O)cc2)cc1. The molecule has 0 heterocycles. The van der Waals surface area contributed by atoms with Crippen LogP contribution in [0.3, 0.4) is 0 Å². The lowest BCUT2D eigenvalue weighted by molar-refractivity contribution is -0.137. The second-order valence-corrected chi connectivity index (χ2v) is 10.9. The molecule has 0 fully saturated rings. The van der Waals surface area contributed by atoms with Crippen LogP contribution in [0.5, 0.6) is 11.5 Å². The number of nitrogens with two attached hydrogens (primary N) is 2. The van der Waals surface area contributed by atoms with Gasteiger partial charge in [0.25, 0.3) is 0 Å². The van der Waals surface area contributed by atoms with E-state index in [-0.39, 0.29) is 56.1 Å². The highest BCUT2D eigenvalue weighted by atomic mass is 16.5. The second kappa shape index (κ2) is 14.5. The third-order valence-electron chi connectivity index (χ3n) is 7.82. The van der Waals surface area contributed by atoms with Crippen LogP contribution in [0.15, 0.2) is 85.5 Å². The molecular formula is C37H32N2O9. The molecule has 1 aliphatic carbocycles. The summed E-state index contributed by atoms with van der Waals surface area (Å²) in [6, 6.07) is 18.5. The highest BCUT2D eigenvalue weighted by Gasteiger charge is 2.37. The van der Waals surface area contributed by atoms with E-state index in [1.807, 2.05) is 0 Å². The minimum Gasteiger partial charge on any atom is -0.494 e. The van der Waals surface area contributed by atoms with E-state index in [0.29, 0.717) is 19.0 Å². The maximum absolute atomic E-state index is 13.4. The van der Waals surface area contributed by atoms with Gasteiger partial charge in [-0.2, -0.15) is 0 Å². The molecule has 5 rings (SSSR count). The first-order chi connectivity index (χ1) is 23.1. The first-order valence-corrected chi connectivity index (χ1v) is 15.1. The lowest BCUT2D eigenvalue weighted by Gasteiger charge is -2.24. The maximum Gasteiger partial charge on any atom is 0.343 e. The number of carboxylic acid groups (broad SMARTS) is 1. The summed E-state index contributed by atoms with van der Waals surface area (Å²) in [4.78, 5) is 63.1. The molecule has 4 aromatic carbocycles. The van der Waals surface area contributed by atoms with Crippen molar-refractivity contribution in [2.45, 2.75) is 25.7 Å². The van der Waals surface area contributed by atoms with E-state index in [9.17, 15) is 29.1 Å². The van der Waals surface area contributed by atoms with Gasteiger partial charge in [-0.3, -0.25) is 9.59 Å². The topological polar surface area (TPSA) is 185 Å². The van der Waals surface area contributed by atoms with Gasteiger partial charge in [0, 0.05) is 22.8 Å². The van der Waals surface area contributed by atoms with Gasteiger partial charge in [0.1, 0.15) is 11.5 Å². The molecule has 4 aromatic rings. The molecule has 0 radical (unpaired) electrons. The number of carboxylic acids is 1. The zero-order valence-corrected chi connectivity index (χ0v) is 25.8. The van der Waals surface area contributed by atoms with E-state index < -0.39 is 35.0 Å². The van der Waals surface area contributed by atoms with Gasteiger partial charge in [-0.05, 0) is 67.6 Å². The Morgan fingerprint density at radius 2 is 1.27 bits per heavy atom. The van der Waals surface area contributed by atoms with E-state index in [1.165, 1.54) is 36.4 Å². The average Bonchev–Trinajstić information content (AvgIpc) is 3.09. The lowest BCUT2D eigenvalue weighted by Crippen LogP contribution is -2.26. The number of hydrogen-bond donors (Lipinski definition) is 3. The van der Waals surface area contributed by atoms with Crippen LogP contribution in [0.25, 0.3) is 11.1 Å². The normalized spacial score (nSPS) is 11.7. The maximum atomic E-state index is 13.4. The standard InChI is InChI=1S/C37H32N2O9/c1-2-27(40)47-20-8-4-3-7-19-46-23-15-17-24(18-16-23)48-37(45)22-13-11-21(12-14-22)28-31(36(43)44)33(39)30-29(32(28)38)34(41)25-9-5-6-10-26(25)35(30)42/h2,5-6,9-18H,1,3-4,7-8,19-20,38-39H2,(H,43,44). The Bertz CT molecular complexity index is 1930. The number of benzene rings is 4. The number of hydrogen-bond acceptors (Lipinski definition) is 10. The van der Waals surface area contributed by atoms with Crippen molar-refractivity contribution in [3.05, 3.63) is 119 Å². The second-order valence-electron chi connectivity index (χ2n) is 10.9. The molecule has 48 heavy (non-hydrogen) atoms. The van der Waals surface area contributed by atoms with Crippen molar-refractivity contribution in [3.63, 3.8) is 0 Å². The summed E-state index contributed by atoms with van der Waals surface area (Å²) in [5.41, 5.74) is 12.0. The molecule has 1 aliphatic rings. The lowest BCUT2D eigenvalue weighted by atomic mass is 9.78. The fourth-order valence-electron chi connectivity index (χ4n) is 5.45. The predicted molar refractivity (Wildman–Crippen MR) is 177 cm³/mol. The molecule has 0 atom stereocenters. The number of nitrogen functional groups attached to an aromatic ring is 2. The number of ether oxygens (including phenoxy) is 3. The molecule has 0 saturated heterocycles. The molecule has 0 aliphatic heterocycles. The van der Waals surface area contributed by atoms with Crippen molar-refractivity contribution in [3.8, 4) is 22.6 Å². The number of aromatic carboxylic acids is 1. The van der Waals surface area contributed by atoms with Gasteiger partial charge in [-0.15, -0.1) is 0 Å². The van der Waals surface area contributed by atoms with Crippen molar-refractivity contribution in [2.75, 3.05) is 24.7 Å². The summed E-state index contributed by atoms with van der Waals surface area (Å²) in [6.07, 6.45) is 4.54. The molecule has 0 saturated carbocycles. The van der Waals surface area contributed by atoms with Crippen molar-refractivity contribution >= 4 is 40.8 Å². The minimum absolute atomic E-state index is 0.0381.